The van der Waals surface area contributed by atoms with Crippen LogP contribution in [0.4, 0.5) is 0 Å². The van der Waals surface area contributed by atoms with E-state index in [2.05, 4.69) is 20.7 Å². The van der Waals surface area contributed by atoms with Gasteiger partial charge in [-0.05, 0) is 49.4 Å². The maximum absolute atomic E-state index is 13.3. The molecule has 2 unspecified atom stereocenters. The number of carboxylic acid groups (broad SMARTS) is 1. The molecule has 4 rings (SSSR count). The fourth-order valence-electron chi connectivity index (χ4n) is 3.64. The Kier molecular flexibility index (Phi) is 8.04. The maximum Gasteiger partial charge on any atom is 0.328 e. The van der Waals surface area contributed by atoms with E-state index in [0.29, 0.717) is 22.4 Å². The summed E-state index contributed by atoms with van der Waals surface area (Å²) in [4.78, 5) is 42.0. The number of hydrogen-bond acceptors (Lipinski definition) is 6. The summed E-state index contributed by atoms with van der Waals surface area (Å²) in [7, 11) is 0. The molecule has 2 amide bonds. The molecule has 0 aliphatic carbocycles. The average molecular weight is 512 g/mol. The van der Waals surface area contributed by atoms with Crippen LogP contribution < -0.4 is 10.6 Å². The number of pyridine rings is 1. The van der Waals surface area contributed by atoms with E-state index >= 15 is 0 Å². The van der Waals surface area contributed by atoms with Gasteiger partial charge in [-0.2, -0.15) is 5.10 Å². The highest BCUT2D eigenvalue weighted by Gasteiger charge is 2.27. The molecular formula is C28H25N5O5. The van der Waals surface area contributed by atoms with E-state index in [9.17, 15) is 24.6 Å². The van der Waals surface area contributed by atoms with E-state index in [-0.39, 0.29) is 5.70 Å². The van der Waals surface area contributed by atoms with Crippen molar-refractivity contribution in [2.75, 3.05) is 0 Å². The van der Waals surface area contributed by atoms with Gasteiger partial charge in [0, 0.05) is 35.3 Å². The van der Waals surface area contributed by atoms with E-state index in [0.717, 1.165) is 5.69 Å². The van der Waals surface area contributed by atoms with E-state index in [1.165, 1.54) is 13.0 Å². The highest BCUT2D eigenvalue weighted by Crippen LogP contribution is 2.25. The van der Waals surface area contributed by atoms with Crippen LogP contribution in [0.1, 0.15) is 22.8 Å². The van der Waals surface area contributed by atoms with E-state index < -0.39 is 29.9 Å². The first-order valence-electron chi connectivity index (χ1n) is 11.7. The molecule has 0 aliphatic rings. The minimum atomic E-state index is -1.59. The molecule has 2 atom stereocenters. The van der Waals surface area contributed by atoms with Crippen LogP contribution in [0.3, 0.4) is 0 Å². The number of para-hydroxylation sites is 1. The van der Waals surface area contributed by atoms with Crippen molar-refractivity contribution < 1.29 is 24.6 Å². The zero-order chi connectivity index (χ0) is 27.1. The summed E-state index contributed by atoms with van der Waals surface area (Å²) >= 11 is 0. The third-order valence-electron chi connectivity index (χ3n) is 5.56. The van der Waals surface area contributed by atoms with Crippen molar-refractivity contribution >= 4 is 23.9 Å². The molecule has 4 N–H and O–H groups in total. The fourth-order valence-corrected chi connectivity index (χ4v) is 3.64. The Morgan fingerprint density at radius 3 is 2.26 bits per heavy atom. The number of carbonyl (C=O) groups is 3. The second-order valence-electron chi connectivity index (χ2n) is 8.36. The topological polar surface area (TPSA) is 146 Å². The number of carboxylic acids is 1. The van der Waals surface area contributed by atoms with Crippen molar-refractivity contribution in [3.05, 3.63) is 108 Å². The summed E-state index contributed by atoms with van der Waals surface area (Å²) in [5.41, 5.74) is 2.43. The third-order valence-corrected chi connectivity index (χ3v) is 5.56. The second kappa shape index (κ2) is 11.8. The van der Waals surface area contributed by atoms with Crippen LogP contribution in [0.25, 0.3) is 23.0 Å². The number of rotatable bonds is 9. The second-order valence-corrected chi connectivity index (χ2v) is 8.36. The number of amides is 2. The minimum Gasteiger partial charge on any atom is -0.480 e. The zero-order valence-corrected chi connectivity index (χ0v) is 20.4. The van der Waals surface area contributed by atoms with Gasteiger partial charge in [-0.25, -0.2) is 9.48 Å². The summed E-state index contributed by atoms with van der Waals surface area (Å²) in [6.07, 6.45) is 4.95. The molecule has 192 valence electrons. The van der Waals surface area contributed by atoms with Gasteiger partial charge < -0.3 is 20.8 Å². The van der Waals surface area contributed by atoms with Gasteiger partial charge in [-0.15, -0.1) is 0 Å². The lowest BCUT2D eigenvalue weighted by Gasteiger charge is -2.18. The number of benzene rings is 2. The first-order valence-corrected chi connectivity index (χ1v) is 11.7. The Morgan fingerprint density at radius 2 is 1.66 bits per heavy atom. The number of nitrogens with one attached hydrogen (secondary N) is 2. The molecule has 2 aromatic heterocycles. The molecule has 0 fully saturated rings. The van der Waals surface area contributed by atoms with Crippen molar-refractivity contribution in [3.8, 4) is 16.9 Å². The lowest BCUT2D eigenvalue weighted by molar-refractivity contribution is -0.144. The lowest BCUT2D eigenvalue weighted by Crippen LogP contribution is -2.49. The molecule has 0 bridgehead atoms. The van der Waals surface area contributed by atoms with Gasteiger partial charge in [0.15, 0.2) is 6.04 Å². The molecule has 0 saturated carbocycles. The van der Waals surface area contributed by atoms with Gasteiger partial charge in [0.1, 0.15) is 11.4 Å². The zero-order valence-electron chi connectivity index (χ0n) is 20.4. The van der Waals surface area contributed by atoms with Gasteiger partial charge in [0.05, 0.1) is 11.8 Å². The molecule has 10 nitrogen and oxygen atoms in total. The molecule has 10 heteroatoms. The largest absolute Gasteiger partial charge is 0.480 e. The number of aliphatic carboxylic acids is 1. The lowest BCUT2D eigenvalue weighted by atomic mass is 10.1. The normalized spacial score (nSPS) is 12.8. The van der Waals surface area contributed by atoms with Gasteiger partial charge >= 0.3 is 5.97 Å². The Bertz CT molecular complexity index is 1450. The summed E-state index contributed by atoms with van der Waals surface area (Å²) in [5, 5.41) is 28.8. The summed E-state index contributed by atoms with van der Waals surface area (Å²) in [6.45, 7) is 1.25. The maximum atomic E-state index is 13.3. The van der Waals surface area contributed by atoms with Crippen molar-refractivity contribution in [3.63, 3.8) is 0 Å². The molecule has 0 saturated heterocycles. The Hall–Kier alpha value is -5.09. The SMILES string of the molecule is CC(O)C(NC(=O)/C(=C/c1cn(-c2ccccc2)nc1-c1cccnc1)NC(=O)c1ccccc1)C(=O)O. The Labute approximate surface area is 218 Å². The summed E-state index contributed by atoms with van der Waals surface area (Å²) in [5.74, 6) is -2.89. The van der Waals surface area contributed by atoms with E-state index in [1.54, 1.807) is 65.7 Å². The van der Waals surface area contributed by atoms with Crippen molar-refractivity contribution in [1.29, 1.82) is 0 Å². The predicted molar refractivity (Wildman–Crippen MR) is 140 cm³/mol. The van der Waals surface area contributed by atoms with E-state index in [4.69, 9.17) is 0 Å². The summed E-state index contributed by atoms with van der Waals surface area (Å²) in [6, 6.07) is 19.5. The number of aliphatic hydroxyl groups excluding tert-OH is 1. The standard InChI is InChI=1S/C28H25N5O5/c1-18(34)24(28(37)38)31-27(36)23(30-26(35)19-9-4-2-5-10-19)15-21-17-33(22-12-6-3-7-13-22)32-25(21)20-11-8-14-29-16-20/h2-18,24,34H,1H3,(H,30,35)(H,31,36)(H,37,38)/b23-15-. The molecular weight excluding hydrogens is 486 g/mol. The molecule has 0 radical (unpaired) electrons. The molecule has 0 aliphatic heterocycles. The van der Waals surface area contributed by atoms with Crippen LogP contribution in [0.2, 0.25) is 0 Å². The smallest absolute Gasteiger partial charge is 0.328 e. The molecule has 2 aromatic carbocycles. The van der Waals surface area contributed by atoms with Crippen molar-refractivity contribution in [2.45, 2.75) is 19.1 Å². The van der Waals surface area contributed by atoms with Crippen LogP contribution in [0.15, 0.2) is 97.1 Å². The fraction of sp³-hybridized carbons (Fsp3) is 0.107. The molecule has 38 heavy (non-hydrogen) atoms. The molecule has 4 aromatic rings. The monoisotopic (exact) mass is 511 g/mol. The highest BCUT2D eigenvalue weighted by molar-refractivity contribution is 6.06. The van der Waals surface area contributed by atoms with Gasteiger partial charge in [-0.3, -0.25) is 14.6 Å². The van der Waals surface area contributed by atoms with Gasteiger partial charge in [0.25, 0.3) is 11.8 Å². The Morgan fingerprint density at radius 1 is 0.974 bits per heavy atom. The van der Waals surface area contributed by atoms with Crippen LogP contribution in [0.5, 0.6) is 0 Å². The van der Waals surface area contributed by atoms with E-state index in [1.807, 2.05) is 30.3 Å². The van der Waals surface area contributed by atoms with Gasteiger partial charge in [0.2, 0.25) is 0 Å². The quantitative estimate of drug-likeness (QED) is 0.253. The molecule has 0 spiro atoms. The first kappa shape index (κ1) is 26.0. The third kappa shape index (κ3) is 6.18. The number of aromatic nitrogens is 3. The highest BCUT2D eigenvalue weighted by atomic mass is 16.4. The summed E-state index contributed by atoms with van der Waals surface area (Å²) < 4.78 is 1.62. The number of nitrogens with zero attached hydrogens (tertiary/aromatic N) is 3. The number of hydrogen-bond donors (Lipinski definition) is 4. The van der Waals surface area contributed by atoms with Crippen LogP contribution in [-0.2, 0) is 9.59 Å². The first-order chi connectivity index (χ1) is 18.3. The molecule has 2 heterocycles. The van der Waals surface area contributed by atoms with Crippen LogP contribution in [0, 0.1) is 0 Å². The van der Waals surface area contributed by atoms with Crippen molar-refractivity contribution in [1.82, 2.24) is 25.4 Å². The Balaban J connectivity index is 1.81. The average Bonchev–Trinajstić information content (AvgIpc) is 3.36. The number of aliphatic hydroxyl groups is 1. The number of carbonyl (C=O) groups excluding carboxylic acids is 2. The van der Waals surface area contributed by atoms with Crippen LogP contribution in [-0.4, -0.2) is 54.9 Å². The minimum absolute atomic E-state index is 0.233. The predicted octanol–water partition coefficient (Wildman–Crippen LogP) is 2.66. The van der Waals surface area contributed by atoms with Gasteiger partial charge in [-0.1, -0.05) is 36.4 Å². The van der Waals surface area contributed by atoms with Crippen LogP contribution >= 0.6 is 0 Å². The van der Waals surface area contributed by atoms with Crippen molar-refractivity contribution in [2.24, 2.45) is 0 Å².